The van der Waals surface area contributed by atoms with E-state index < -0.39 is 0 Å². The van der Waals surface area contributed by atoms with Crippen molar-refractivity contribution >= 4 is 27.0 Å². The molecule has 2 aromatic rings. The summed E-state index contributed by atoms with van der Waals surface area (Å²) in [4.78, 5) is 4.40. The van der Waals surface area contributed by atoms with Crippen LogP contribution in [0.3, 0.4) is 0 Å². The highest BCUT2D eigenvalue weighted by atomic mass is 79.9. The molecule has 0 bridgehead atoms. The molecule has 2 heterocycles. The van der Waals surface area contributed by atoms with Crippen LogP contribution in [-0.4, -0.2) is 9.55 Å². The van der Waals surface area contributed by atoms with Gasteiger partial charge >= 0.3 is 0 Å². The number of hydrogen-bond donors (Lipinski definition) is 0. The van der Waals surface area contributed by atoms with Crippen molar-refractivity contribution in [3.8, 4) is 0 Å². The van der Waals surface area contributed by atoms with Crippen LogP contribution in [0.2, 0.25) is 0 Å². The summed E-state index contributed by atoms with van der Waals surface area (Å²) in [5.41, 5.74) is 1.11. The molecular weight excluding hydrogens is 240 g/mol. The van der Waals surface area contributed by atoms with E-state index in [2.05, 4.69) is 58.5 Å². The first-order chi connectivity index (χ1) is 6.50. The van der Waals surface area contributed by atoms with Gasteiger partial charge in [-0.25, -0.2) is 4.98 Å². The lowest BCUT2D eigenvalue weighted by molar-refractivity contribution is 0.408. The van der Waals surface area contributed by atoms with E-state index in [-0.39, 0.29) is 5.54 Å². The molecule has 2 rings (SSSR count). The molecule has 3 heteroatoms. The zero-order valence-electron chi connectivity index (χ0n) is 8.58. The molecule has 2 aromatic heterocycles. The topological polar surface area (TPSA) is 17.8 Å². The third-order valence-electron chi connectivity index (χ3n) is 2.26. The van der Waals surface area contributed by atoms with E-state index in [4.69, 9.17) is 0 Å². The largest absolute Gasteiger partial charge is 0.327 e. The lowest BCUT2D eigenvalue weighted by Crippen LogP contribution is -2.20. The van der Waals surface area contributed by atoms with Gasteiger partial charge in [0.1, 0.15) is 5.65 Å². The number of nitrogens with zero attached hydrogens (tertiary/aromatic N) is 2. The van der Waals surface area contributed by atoms with Crippen LogP contribution in [-0.2, 0) is 5.54 Å². The summed E-state index contributed by atoms with van der Waals surface area (Å²) < 4.78 is 3.29. The van der Waals surface area contributed by atoms with Crippen molar-refractivity contribution in [2.75, 3.05) is 0 Å². The Hall–Kier alpha value is -0.830. The Morgan fingerprint density at radius 3 is 2.64 bits per heavy atom. The van der Waals surface area contributed by atoms with Crippen molar-refractivity contribution in [2.45, 2.75) is 26.3 Å². The maximum atomic E-state index is 4.40. The van der Waals surface area contributed by atoms with E-state index in [1.165, 1.54) is 5.39 Å². The smallest absolute Gasteiger partial charge is 0.141 e. The van der Waals surface area contributed by atoms with E-state index in [0.29, 0.717) is 0 Å². The third kappa shape index (κ3) is 1.46. The number of hydrogen-bond acceptors (Lipinski definition) is 1. The lowest BCUT2D eigenvalue weighted by atomic mass is 10.1. The molecule has 2 nitrogen and oxygen atoms in total. The minimum absolute atomic E-state index is 0.0789. The predicted octanol–water partition coefficient (Wildman–Crippen LogP) is 3.55. The molecule has 14 heavy (non-hydrogen) atoms. The molecule has 0 amide bonds. The van der Waals surface area contributed by atoms with Crippen molar-refractivity contribution in [2.24, 2.45) is 0 Å². The standard InChI is InChI=1S/C11H13BrN2/c1-11(2,3)14-7-5-8-9(12)4-6-13-10(8)14/h4-7H,1-3H3. The summed E-state index contributed by atoms with van der Waals surface area (Å²) in [6.07, 6.45) is 3.91. The highest BCUT2D eigenvalue weighted by Crippen LogP contribution is 2.27. The Morgan fingerprint density at radius 1 is 1.29 bits per heavy atom. The number of rotatable bonds is 0. The number of halogens is 1. The van der Waals surface area contributed by atoms with Crippen LogP contribution in [0.25, 0.3) is 11.0 Å². The maximum absolute atomic E-state index is 4.40. The van der Waals surface area contributed by atoms with E-state index in [1.807, 2.05) is 12.3 Å². The van der Waals surface area contributed by atoms with Gasteiger partial charge in [0.2, 0.25) is 0 Å². The Kier molecular flexibility index (Phi) is 2.14. The fourth-order valence-corrected chi connectivity index (χ4v) is 1.97. The van der Waals surface area contributed by atoms with Crippen molar-refractivity contribution in [1.82, 2.24) is 9.55 Å². The van der Waals surface area contributed by atoms with E-state index >= 15 is 0 Å². The van der Waals surface area contributed by atoms with Crippen molar-refractivity contribution < 1.29 is 0 Å². The predicted molar refractivity (Wildman–Crippen MR) is 62.4 cm³/mol. The summed E-state index contributed by atoms with van der Waals surface area (Å²) in [5, 5.41) is 1.17. The molecule has 0 aliphatic carbocycles. The second-order valence-electron chi connectivity index (χ2n) is 4.39. The summed E-state index contributed by atoms with van der Waals surface area (Å²) >= 11 is 3.52. The second-order valence-corrected chi connectivity index (χ2v) is 5.24. The number of aromatic nitrogens is 2. The summed E-state index contributed by atoms with van der Waals surface area (Å²) in [5.74, 6) is 0. The number of fused-ring (bicyclic) bond motifs is 1. The van der Waals surface area contributed by atoms with Gasteiger partial charge in [0.25, 0.3) is 0 Å². The molecule has 0 fully saturated rings. The molecule has 0 saturated heterocycles. The molecule has 0 saturated carbocycles. The van der Waals surface area contributed by atoms with E-state index in [1.54, 1.807) is 0 Å². The normalized spacial score (nSPS) is 12.3. The molecule has 0 radical (unpaired) electrons. The Bertz CT molecular complexity index is 466. The Morgan fingerprint density at radius 2 is 2.00 bits per heavy atom. The summed E-state index contributed by atoms with van der Waals surface area (Å²) in [7, 11) is 0. The SMILES string of the molecule is CC(C)(C)n1ccc2c(Br)ccnc21. The third-order valence-corrected chi connectivity index (χ3v) is 2.95. The molecule has 74 valence electrons. The van der Waals surface area contributed by atoms with Crippen molar-refractivity contribution in [3.63, 3.8) is 0 Å². The minimum Gasteiger partial charge on any atom is -0.327 e. The Labute approximate surface area is 92.1 Å². The molecule has 0 atom stereocenters. The first kappa shape index (κ1) is 9.71. The summed E-state index contributed by atoms with van der Waals surface area (Å²) in [6.45, 7) is 6.53. The van der Waals surface area contributed by atoms with Gasteiger partial charge in [0, 0.05) is 27.8 Å². The highest BCUT2D eigenvalue weighted by Gasteiger charge is 2.16. The first-order valence-corrected chi connectivity index (χ1v) is 5.41. The quantitative estimate of drug-likeness (QED) is 0.702. The molecular formula is C11H13BrN2. The number of pyridine rings is 1. The van der Waals surface area contributed by atoms with Gasteiger partial charge in [-0.3, -0.25) is 0 Å². The lowest BCUT2D eigenvalue weighted by Gasteiger charge is -2.21. The molecule has 0 aliphatic rings. The fourth-order valence-electron chi connectivity index (χ4n) is 1.55. The molecule has 0 unspecified atom stereocenters. The van der Waals surface area contributed by atoms with Crippen LogP contribution in [0, 0.1) is 0 Å². The average molecular weight is 253 g/mol. The average Bonchev–Trinajstić information content (AvgIpc) is 2.47. The van der Waals surface area contributed by atoms with Gasteiger partial charge in [-0.2, -0.15) is 0 Å². The van der Waals surface area contributed by atoms with Crippen LogP contribution >= 0.6 is 15.9 Å². The van der Waals surface area contributed by atoms with E-state index in [9.17, 15) is 0 Å². The first-order valence-electron chi connectivity index (χ1n) is 4.62. The van der Waals surface area contributed by atoms with Gasteiger partial charge in [0.05, 0.1) is 0 Å². The Balaban J connectivity index is 2.76. The summed E-state index contributed by atoms with van der Waals surface area (Å²) in [6, 6.07) is 4.06. The minimum atomic E-state index is 0.0789. The molecule has 0 N–H and O–H groups in total. The zero-order valence-corrected chi connectivity index (χ0v) is 10.2. The van der Waals surface area contributed by atoms with Crippen molar-refractivity contribution in [1.29, 1.82) is 0 Å². The fraction of sp³-hybridized carbons (Fsp3) is 0.364. The molecule has 0 spiro atoms. The second kappa shape index (κ2) is 3.09. The van der Waals surface area contributed by atoms with Crippen molar-refractivity contribution in [3.05, 3.63) is 29.0 Å². The van der Waals surface area contributed by atoms with Crippen LogP contribution in [0.15, 0.2) is 29.0 Å². The van der Waals surface area contributed by atoms with Gasteiger partial charge in [0.15, 0.2) is 0 Å². The molecule has 0 aliphatic heterocycles. The monoisotopic (exact) mass is 252 g/mol. The van der Waals surface area contributed by atoms with Crippen LogP contribution in [0.5, 0.6) is 0 Å². The molecule has 0 aromatic carbocycles. The van der Waals surface area contributed by atoms with E-state index in [0.717, 1.165) is 10.1 Å². The van der Waals surface area contributed by atoms with Gasteiger partial charge < -0.3 is 4.57 Å². The van der Waals surface area contributed by atoms with Crippen LogP contribution in [0.1, 0.15) is 20.8 Å². The van der Waals surface area contributed by atoms with Crippen LogP contribution in [0.4, 0.5) is 0 Å². The van der Waals surface area contributed by atoms with Gasteiger partial charge in [-0.05, 0) is 48.8 Å². The van der Waals surface area contributed by atoms with Gasteiger partial charge in [-0.1, -0.05) is 0 Å². The maximum Gasteiger partial charge on any atom is 0.141 e. The highest BCUT2D eigenvalue weighted by molar-refractivity contribution is 9.10. The van der Waals surface area contributed by atoms with Crippen LogP contribution < -0.4 is 0 Å². The zero-order chi connectivity index (χ0) is 10.3. The van der Waals surface area contributed by atoms with Gasteiger partial charge in [-0.15, -0.1) is 0 Å².